The first-order valence-corrected chi connectivity index (χ1v) is 15.8. The first kappa shape index (κ1) is 28.1. The van der Waals surface area contributed by atoms with Gasteiger partial charge in [0.1, 0.15) is 22.7 Å². The predicted molar refractivity (Wildman–Crippen MR) is 161 cm³/mol. The van der Waals surface area contributed by atoms with Gasteiger partial charge in [-0.15, -0.1) is 0 Å². The summed E-state index contributed by atoms with van der Waals surface area (Å²) in [6.45, 7) is 12.5. The number of aryl methyl sites for hydroxylation is 1. The van der Waals surface area contributed by atoms with E-state index in [1.165, 1.54) is 6.08 Å². The minimum absolute atomic E-state index is 0.0261. The van der Waals surface area contributed by atoms with E-state index in [1.54, 1.807) is 0 Å². The van der Waals surface area contributed by atoms with Gasteiger partial charge in [0.25, 0.3) is 6.43 Å². The molecule has 2 aromatic heterocycles. The summed E-state index contributed by atoms with van der Waals surface area (Å²) >= 11 is 0. The molecule has 2 spiro atoms. The van der Waals surface area contributed by atoms with E-state index in [4.69, 9.17) is 9.47 Å². The molecule has 0 N–H and O–H groups in total. The number of rotatable bonds is 4. The highest BCUT2D eigenvalue weighted by atomic mass is 19.3. The zero-order valence-corrected chi connectivity index (χ0v) is 25.1. The molecule has 6 aliphatic heterocycles. The Kier molecular flexibility index (Phi) is 6.62. The zero-order valence-electron chi connectivity index (χ0n) is 25.1. The average Bonchev–Trinajstić information content (AvgIpc) is 3.32. The van der Waals surface area contributed by atoms with Crippen molar-refractivity contribution in [3.05, 3.63) is 53.5 Å². The molecule has 6 aliphatic rings. The Morgan fingerprint density at radius 1 is 1.14 bits per heavy atom. The molecule has 0 bridgehead atoms. The molecule has 0 saturated carbocycles. The van der Waals surface area contributed by atoms with Crippen molar-refractivity contribution in [3.8, 4) is 0 Å². The van der Waals surface area contributed by atoms with Crippen LogP contribution in [0.3, 0.4) is 0 Å². The van der Waals surface area contributed by atoms with Gasteiger partial charge in [0.05, 0.1) is 37.3 Å². The first-order chi connectivity index (χ1) is 21.3. The lowest BCUT2D eigenvalue weighted by Crippen LogP contribution is -2.69. The lowest BCUT2D eigenvalue weighted by molar-refractivity contribution is -0.291. The molecular formula is C32H39F2N7O3. The van der Waals surface area contributed by atoms with Gasteiger partial charge in [0.2, 0.25) is 5.91 Å². The minimum atomic E-state index is -2.68. The molecular weight excluding hydrogens is 568 g/mol. The van der Waals surface area contributed by atoms with Gasteiger partial charge in [0.15, 0.2) is 0 Å². The number of ether oxygens (including phenoxy) is 2. The molecule has 4 fully saturated rings. The third-order valence-corrected chi connectivity index (χ3v) is 10.7. The number of carbonyl (C=O) groups is 1. The van der Waals surface area contributed by atoms with Gasteiger partial charge < -0.3 is 24.2 Å². The smallest absolute Gasteiger partial charge is 0.281 e. The maximum Gasteiger partial charge on any atom is 0.281 e. The number of nitrogens with zero attached hydrogens (tertiary/aromatic N) is 7. The van der Waals surface area contributed by atoms with E-state index in [0.29, 0.717) is 63.4 Å². The van der Waals surface area contributed by atoms with E-state index in [9.17, 15) is 13.6 Å². The largest absolute Gasteiger partial charge is 0.375 e. The highest BCUT2D eigenvalue weighted by molar-refractivity contribution is 5.87. The maximum absolute atomic E-state index is 14.5. The molecule has 2 unspecified atom stereocenters. The van der Waals surface area contributed by atoms with E-state index in [2.05, 4.69) is 43.0 Å². The molecule has 0 aromatic carbocycles. The lowest BCUT2D eigenvalue weighted by atomic mass is 9.82. The molecule has 2 atom stereocenters. The summed E-state index contributed by atoms with van der Waals surface area (Å²) in [5.41, 5.74) is 2.65. The second kappa shape index (κ2) is 10.3. The fourth-order valence-electron chi connectivity index (χ4n) is 8.34. The van der Waals surface area contributed by atoms with Gasteiger partial charge in [0, 0.05) is 69.5 Å². The summed E-state index contributed by atoms with van der Waals surface area (Å²) < 4.78 is 43.6. The fraction of sp³-hybridized carbons (Fsp3) is 0.594. The van der Waals surface area contributed by atoms with Crippen molar-refractivity contribution < 1.29 is 23.0 Å². The Bertz CT molecular complexity index is 1510. The lowest BCUT2D eigenvalue weighted by Gasteiger charge is -2.55. The van der Waals surface area contributed by atoms with E-state index >= 15 is 0 Å². The summed E-state index contributed by atoms with van der Waals surface area (Å²) in [7, 11) is 0. The summed E-state index contributed by atoms with van der Waals surface area (Å²) in [4.78, 5) is 25.4. The van der Waals surface area contributed by atoms with Gasteiger partial charge in [-0.25, -0.2) is 13.8 Å². The van der Waals surface area contributed by atoms with Crippen LogP contribution in [0.15, 0.2) is 31.0 Å². The topological polar surface area (TPSA) is 79.2 Å². The highest BCUT2D eigenvalue weighted by Crippen LogP contribution is 2.48. The molecule has 1 amide bonds. The van der Waals surface area contributed by atoms with Crippen LogP contribution in [0.25, 0.3) is 6.08 Å². The number of hydrogen-bond acceptors (Lipinski definition) is 8. The van der Waals surface area contributed by atoms with Crippen LogP contribution in [-0.4, -0.2) is 107 Å². The van der Waals surface area contributed by atoms with Crippen molar-refractivity contribution in [3.63, 3.8) is 0 Å². The Morgan fingerprint density at radius 3 is 2.59 bits per heavy atom. The number of halogens is 2. The number of anilines is 2. The Labute approximate surface area is 255 Å². The van der Waals surface area contributed by atoms with Gasteiger partial charge in [-0.1, -0.05) is 18.7 Å². The van der Waals surface area contributed by atoms with Crippen LogP contribution in [0.5, 0.6) is 0 Å². The number of piperidine rings is 1. The number of carbonyl (C=O) groups excluding carboxylic acids is 1. The van der Waals surface area contributed by atoms with Crippen LogP contribution in [0.1, 0.15) is 48.2 Å². The summed E-state index contributed by atoms with van der Waals surface area (Å²) in [5, 5.41) is 4.66. The monoisotopic (exact) mass is 607 g/mol. The molecule has 0 radical (unpaired) electrons. The number of alkyl halides is 2. The van der Waals surface area contributed by atoms with Gasteiger partial charge >= 0.3 is 0 Å². The molecule has 4 saturated heterocycles. The molecule has 2 aromatic rings. The Balaban J connectivity index is 1.04. The molecule has 8 rings (SSSR count). The second-order valence-corrected chi connectivity index (χ2v) is 13.2. The number of piperazine rings is 1. The predicted octanol–water partition coefficient (Wildman–Crippen LogP) is 3.12. The van der Waals surface area contributed by atoms with Gasteiger partial charge in [-0.05, 0) is 37.8 Å². The van der Waals surface area contributed by atoms with Crippen LogP contribution < -0.4 is 9.80 Å². The van der Waals surface area contributed by atoms with E-state index in [-0.39, 0.29) is 23.2 Å². The van der Waals surface area contributed by atoms with Crippen molar-refractivity contribution in [2.75, 3.05) is 68.8 Å². The third-order valence-electron chi connectivity index (χ3n) is 10.7. The molecule has 12 heteroatoms. The molecule has 10 nitrogen and oxygen atoms in total. The van der Waals surface area contributed by atoms with Crippen molar-refractivity contribution in [2.45, 2.75) is 62.4 Å². The molecule has 234 valence electrons. The Hall–Kier alpha value is -3.35. The van der Waals surface area contributed by atoms with Gasteiger partial charge in [-0.3, -0.25) is 14.4 Å². The number of aromatic nitrogens is 3. The van der Waals surface area contributed by atoms with Crippen LogP contribution >= 0.6 is 0 Å². The number of pyridine rings is 1. The van der Waals surface area contributed by atoms with Gasteiger partial charge in [-0.2, -0.15) is 5.10 Å². The van der Waals surface area contributed by atoms with Crippen molar-refractivity contribution in [1.29, 1.82) is 0 Å². The summed E-state index contributed by atoms with van der Waals surface area (Å²) in [6, 6.07) is 2.53. The highest BCUT2D eigenvalue weighted by Gasteiger charge is 2.55. The summed E-state index contributed by atoms with van der Waals surface area (Å²) in [6.07, 6.45) is 6.71. The van der Waals surface area contributed by atoms with Crippen molar-refractivity contribution in [2.24, 2.45) is 0 Å². The fourth-order valence-corrected chi connectivity index (χ4v) is 8.34. The molecule has 0 aliphatic carbocycles. The third kappa shape index (κ3) is 4.32. The standard InChI is InChI=1S/C32H39F2N7O3/c1-3-27(42)39-13-11-37(12-14-39)25-17-40-23(25)6-4-5-22-24(40)15-26(36-28(22)30(33)34)38-9-7-32(8-10-38)29-21(2)16-35-41(29)18-31(44-32)19-43-20-31/h3-5,15-16,23,25,30H,1,6-14,17-20H2,2H3. The average molecular weight is 608 g/mol. The van der Waals surface area contributed by atoms with Crippen molar-refractivity contribution >= 4 is 23.5 Å². The Morgan fingerprint density at radius 2 is 1.91 bits per heavy atom. The first-order valence-electron chi connectivity index (χ1n) is 15.8. The minimum Gasteiger partial charge on any atom is -0.375 e. The van der Waals surface area contributed by atoms with E-state index < -0.39 is 12.0 Å². The van der Waals surface area contributed by atoms with Crippen LogP contribution in [0.2, 0.25) is 0 Å². The van der Waals surface area contributed by atoms with E-state index in [0.717, 1.165) is 55.8 Å². The zero-order chi connectivity index (χ0) is 30.2. The number of fused-ring (bicyclic) bond motifs is 5. The molecule has 8 heterocycles. The number of hydrogen-bond donors (Lipinski definition) is 0. The van der Waals surface area contributed by atoms with Crippen molar-refractivity contribution in [1.82, 2.24) is 24.6 Å². The summed E-state index contributed by atoms with van der Waals surface area (Å²) in [5.74, 6) is 0.576. The second-order valence-electron chi connectivity index (χ2n) is 13.2. The van der Waals surface area contributed by atoms with Crippen LogP contribution in [0, 0.1) is 6.92 Å². The molecule has 44 heavy (non-hydrogen) atoms. The normalized spacial score (nSPS) is 27.0. The number of amides is 1. The SMILES string of the molecule is C=CC(=O)N1CCN(C2CN3c4cc(N5CCC6(CC5)OC5(COC5)Cn5ncc(C)c56)nc(C(F)F)c4C=CCC23)CC1. The van der Waals surface area contributed by atoms with E-state index in [1.807, 2.05) is 29.3 Å². The van der Waals surface area contributed by atoms with Crippen LogP contribution in [0.4, 0.5) is 20.3 Å². The quantitative estimate of drug-likeness (QED) is 0.491. The maximum atomic E-state index is 14.5. The van der Waals surface area contributed by atoms with Crippen LogP contribution in [-0.2, 0) is 26.4 Å².